The van der Waals surface area contributed by atoms with Crippen molar-refractivity contribution in [2.75, 3.05) is 25.5 Å². The average molecular weight is 251 g/mol. The van der Waals surface area contributed by atoms with Crippen molar-refractivity contribution in [3.63, 3.8) is 0 Å². The van der Waals surface area contributed by atoms with Crippen molar-refractivity contribution in [1.82, 2.24) is 9.88 Å². The molecule has 0 saturated carbocycles. The van der Waals surface area contributed by atoms with E-state index in [1.165, 1.54) is 5.56 Å². The van der Waals surface area contributed by atoms with E-state index in [1.54, 1.807) is 0 Å². The summed E-state index contributed by atoms with van der Waals surface area (Å²) in [5.74, 6) is 0.890. The molecule has 0 spiro atoms. The fourth-order valence-electron chi connectivity index (χ4n) is 2.27. The molecule has 0 aliphatic carbocycles. The van der Waals surface area contributed by atoms with Gasteiger partial charge in [0.2, 0.25) is 0 Å². The van der Waals surface area contributed by atoms with Crippen LogP contribution in [0.1, 0.15) is 32.3 Å². The average Bonchev–Trinajstić information content (AvgIpc) is 2.40. The van der Waals surface area contributed by atoms with Gasteiger partial charge in [0.05, 0.1) is 6.61 Å². The molecule has 0 aliphatic heterocycles. The largest absolute Gasteiger partial charge is 0.395 e. The third-order valence-electron chi connectivity index (χ3n) is 3.31. The molecule has 0 amide bonds. The third-order valence-corrected chi connectivity index (χ3v) is 3.31. The molecule has 0 bridgehead atoms. The van der Waals surface area contributed by atoms with Gasteiger partial charge in [-0.25, -0.2) is 4.98 Å². The van der Waals surface area contributed by atoms with Crippen LogP contribution >= 0.6 is 0 Å². The van der Waals surface area contributed by atoms with Crippen LogP contribution in [0.25, 0.3) is 0 Å². The zero-order valence-corrected chi connectivity index (χ0v) is 11.7. The summed E-state index contributed by atoms with van der Waals surface area (Å²) in [5.41, 5.74) is 1.23. The highest BCUT2D eigenvalue weighted by atomic mass is 16.3. The minimum atomic E-state index is 0.209. The predicted octanol–water partition coefficient (Wildman–Crippen LogP) is 2.11. The van der Waals surface area contributed by atoms with Crippen LogP contribution in [-0.2, 0) is 6.54 Å². The fourth-order valence-corrected chi connectivity index (χ4v) is 2.27. The second-order valence-corrected chi connectivity index (χ2v) is 4.46. The molecular weight excluding hydrogens is 226 g/mol. The Morgan fingerprint density at radius 2 is 2.11 bits per heavy atom. The summed E-state index contributed by atoms with van der Waals surface area (Å²) in [6, 6.07) is 4.63. The van der Waals surface area contributed by atoms with Gasteiger partial charge in [0.25, 0.3) is 0 Å². The minimum Gasteiger partial charge on any atom is -0.395 e. The van der Waals surface area contributed by atoms with Gasteiger partial charge < -0.3 is 10.4 Å². The molecule has 0 saturated heterocycles. The molecule has 102 valence electrons. The second kappa shape index (κ2) is 8.06. The van der Waals surface area contributed by atoms with Crippen LogP contribution in [0.3, 0.4) is 0 Å². The van der Waals surface area contributed by atoms with Gasteiger partial charge in [0, 0.05) is 32.4 Å². The van der Waals surface area contributed by atoms with Crippen molar-refractivity contribution < 1.29 is 5.11 Å². The Hall–Kier alpha value is -1.13. The molecule has 0 fully saturated rings. The molecule has 1 aromatic rings. The van der Waals surface area contributed by atoms with E-state index in [9.17, 15) is 5.11 Å². The minimum absolute atomic E-state index is 0.209. The Morgan fingerprint density at radius 3 is 2.67 bits per heavy atom. The Labute approximate surface area is 110 Å². The first kappa shape index (κ1) is 14.9. The number of aromatic nitrogens is 1. The van der Waals surface area contributed by atoms with Crippen LogP contribution in [0, 0.1) is 0 Å². The van der Waals surface area contributed by atoms with E-state index in [2.05, 4.69) is 35.1 Å². The third kappa shape index (κ3) is 4.27. The van der Waals surface area contributed by atoms with Crippen LogP contribution in [0.2, 0.25) is 0 Å². The van der Waals surface area contributed by atoms with E-state index in [4.69, 9.17) is 0 Å². The molecule has 0 radical (unpaired) electrons. The lowest BCUT2D eigenvalue weighted by Crippen LogP contribution is -2.36. The molecule has 0 unspecified atom stereocenters. The molecule has 1 heterocycles. The van der Waals surface area contributed by atoms with E-state index < -0.39 is 0 Å². The topological polar surface area (TPSA) is 48.4 Å². The monoisotopic (exact) mass is 251 g/mol. The van der Waals surface area contributed by atoms with Gasteiger partial charge in [-0.1, -0.05) is 13.8 Å². The molecular formula is C14H25N3O. The molecule has 18 heavy (non-hydrogen) atoms. The highest BCUT2D eigenvalue weighted by Crippen LogP contribution is 2.14. The van der Waals surface area contributed by atoms with Crippen molar-refractivity contribution in [2.24, 2.45) is 0 Å². The summed E-state index contributed by atoms with van der Waals surface area (Å²) in [5, 5.41) is 12.2. The summed E-state index contributed by atoms with van der Waals surface area (Å²) in [6.45, 7) is 6.20. The quantitative estimate of drug-likeness (QED) is 0.743. The first-order valence-electron chi connectivity index (χ1n) is 6.72. The molecule has 0 aliphatic rings. The molecule has 1 rings (SSSR count). The second-order valence-electron chi connectivity index (χ2n) is 4.46. The fraction of sp³-hybridized carbons (Fsp3) is 0.643. The Balaban J connectivity index is 2.75. The van der Waals surface area contributed by atoms with E-state index in [1.807, 2.05) is 19.3 Å². The number of aliphatic hydroxyl groups excluding tert-OH is 1. The smallest absolute Gasteiger partial charge is 0.125 e. The van der Waals surface area contributed by atoms with Crippen molar-refractivity contribution in [2.45, 2.75) is 39.3 Å². The summed E-state index contributed by atoms with van der Waals surface area (Å²) in [7, 11) is 1.87. The summed E-state index contributed by atoms with van der Waals surface area (Å²) in [6.07, 6.45) is 4.05. The van der Waals surface area contributed by atoms with E-state index >= 15 is 0 Å². The van der Waals surface area contributed by atoms with Gasteiger partial charge in [0.15, 0.2) is 0 Å². The Kier molecular flexibility index (Phi) is 6.68. The number of nitrogens with zero attached hydrogens (tertiary/aromatic N) is 2. The van der Waals surface area contributed by atoms with Crippen molar-refractivity contribution in [3.8, 4) is 0 Å². The number of rotatable bonds is 8. The van der Waals surface area contributed by atoms with E-state index in [0.717, 1.165) is 31.7 Å². The predicted molar refractivity (Wildman–Crippen MR) is 75.6 cm³/mol. The van der Waals surface area contributed by atoms with Gasteiger partial charge in [0.1, 0.15) is 5.82 Å². The molecule has 2 N–H and O–H groups in total. The van der Waals surface area contributed by atoms with Crippen LogP contribution in [0.4, 0.5) is 5.82 Å². The van der Waals surface area contributed by atoms with Crippen LogP contribution < -0.4 is 5.32 Å². The standard InChI is InChI=1S/C14H25N3O/c1-4-13(5-2)17(8-9-18)11-12-6-7-16-14(10-12)15-3/h6-7,10,13,18H,4-5,8-9,11H2,1-3H3,(H,15,16). The van der Waals surface area contributed by atoms with Crippen LogP contribution in [-0.4, -0.2) is 41.2 Å². The lowest BCUT2D eigenvalue weighted by atomic mass is 10.1. The van der Waals surface area contributed by atoms with Crippen molar-refractivity contribution in [3.05, 3.63) is 23.9 Å². The number of hydrogen-bond acceptors (Lipinski definition) is 4. The van der Waals surface area contributed by atoms with Gasteiger partial charge in [-0.3, -0.25) is 4.90 Å². The number of aliphatic hydroxyl groups is 1. The SMILES string of the molecule is CCC(CC)N(CCO)Cc1ccnc(NC)c1. The molecule has 0 aromatic carbocycles. The Morgan fingerprint density at radius 1 is 1.39 bits per heavy atom. The van der Waals surface area contributed by atoms with Gasteiger partial charge in [-0.15, -0.1) is 0 Å². The zero-order chi connectivity index (χ0) is 13.4. The molecule has 4 heteroatoms. The first-order valence-corrected chi connectivity index (χ1v) is 6.72. The highest BCUT2D eigenvalue weighted by Gasteiger charge is 2.14. The number of hydrogen-bond donors (Lipinski definition) is 2. The van der Waals surface area contributed by atoms with E-state index in [0.29, 0.717) is 6.04 Å². The molecule has 4 nitrogen and oxygen atoms in total. The van der Waals surface area contributed by atoms with Gasteiger partial charge in [-0.2, -0.15) is 0 Å². The Bertz CT molecular complexity index is 340. The lowest BCUT2D eigenvalue weighted by molar-refractivity contribution is 0.136. The van der Waals surface area contributed by atoms with Crippen LogP contribution in [0.5, 0.6) is 0 Å². The lowest BCUT2D eigenvalue weighted by Gasteiger charge is -2.29. The normalized spacial score (nSPS) is 11.2. The zero-order valence-electron chi connectivity index (χ0n) is 11.7. The number of pyridine rings is 1. The summed E-state index contributed by atoms with van der Waals surface area (Å²) < 4.78 is 0. The maximum Gasteiger partial charge on any atom is 0.125 e. The van der Waals surface area contributed by atoms with Crippen LogP contribution in [0.15, 0.2) is 18.3 Å². The maximum atomic E-state index is 9.19. The maximum absolute atomic E-state index is 9.19. The van der Waals surface area contributed by atoms with Gasteiger partial charge >= 0.3 is 0 Å². The highest BCUT2D eigenvalue weighted by molar-refractivity contribution is 5.36. The number of nitrogens with one attached hydrogen (secondary N) is 1. The summed E-state index contributed by atoms with van der Waals surface area (Å²) in [4.78, 5) is 6.56. The molecule has 1 aromatic heterocycles. The van der Waals surface area contributed by atoms with Gasteiger partial charge in [-0.05, 0) is 30.5 Å². The number of anilines is 1. The molecule has 0 atom stereocenters. The van der Waals surface area contributed by atoms with Crippen molar-refractivity contribution >= 4 is 5.82 Å². The summed E-state index contributed by atoms with van der Waals surface area (Å²) >= 11 is 0. The van der Waals surface area contributed by atoms with Crippen molar-refractivity contribution in [1.29, 1.82) is 0 Å². The van der Waals surface area contributed by atoms with E-state index in [-0.39, 0.29) is 6.61 Å². The first-order chi connectivity index (χ1) is 8.74.